The number of amides is 1. The third-order valence-corrected chi connectivity index (χ3v) is 4.47. The lowest BCUT2D eigenvalue weighted by molar-refractivity contribution is -0.143. The molecule has 0 spiro atoms. The van der Waals surface area contributed by atoms with Gasteiger partial charge in [-0.15, -0.1) is 0 Å². The fourth-order valence-corrected chi connectivity index (χ4v) is 2.96. The van der Waals surface area contributed by atoms with Gasteiger partial charge in [-0.3, -0.25) is 4.79 Å². The van der Waals surface area contributed by atoms with Crippen molar-refractivity contribution >= 4 is 11.9 Å². The zero-order valence-electron chi connectivity index (χ0n) is 14.9. The number of nitrogens with one attached hydrogen (secondary N) is 1. The summed E-state index contributed by atoms with van der Waals surface area (Å²) in [5.74, 6) is -1.21. The van der Waals surface area contributed by atoms with Crippen LogP contribution in [0.3, 0.4) is 0 Å². The van der Waals surface area contributed by atoms with E-state index in [0.29, 0.717) is 6.42 Å². The first-order chi connectivity index (χ1) is 10.8. The molecule has 128 valence electrons. The molecule has 2 unspecified atom stereocenters. The maximum absolute atomic E-state index is 12.0. The van der Waals surface area contributed by atoms with Crippen molar-refractivity contribution in [1.82, 2.24) is 5.32 Å². The van der Waals surface area contributed by atoms with E-state index in [1.165, 1.54) is 22.3 Å². The minimum absolute atomic E-state index is 0.0713. The summed E-state index contributed by atoms with van der Waals surface area (Å²) in [4.78, 5) is 23.3. The number of aryl methyl sites for hydroxylation is 3. The van der Waals surface area contributed by atoms with Gasteiger partial charge in [0, 0.05) is 6.42 Å². The van der Waals surface area contributed by atoms with Crippen molar-refractivity contribution in [3.63, 3.8) is 0 Å². The molecule has 0 aromatic heterocycles. The molecule has 0 fully saturated rings. The number of carboxylic acid groups (broad SMARTS) is 1. The van der Waals surface area contributed by atoms with Gasteiger partial charge in [-0.25, -0.2) is 4.79 Å². The van der Waals surface area contributed by atoms with Crippen LogP contribution in [0.2, 0.25) is 0 Å². The van der Waals surface area contributed by atoms with E-state index in [-0.39, 0.29) is 11.8 Å². The Morgan fingerprint density at radius 1 is 1.17 bits per heavy atom. The lowest BCUT2D eigenvalue weighted by Crippen LogP contribution is -2.44. The van der Waals surface area contributed by atoms with Crippen LogP contribution < -0.4 is 5.32 Å². The Balaban J connectivity index is 2.56. The van der Waals surface area contributed by atoms with Crippen LogP contribution in [0.1, 0.15) is 55.4 Å². The Bertz CT molecular complexity index is 543. The van der Waals surface area contributed by atoms with Gasteiger partial charge in [0.25, 0.3) is 0 Å². The Kier molecular flexibility index (Phi) is 7.27. The zero-order valence-corrected chi connectivity index (χ0v) is 14.9. The molecule has 23 heavy (non-hydrogen) atoms. The number of benzene rings is 1. The number of rotatable bonds is 8. The van der Waals surface area contributed by atoms with E-state index in [1.54, 1.807) is 0 Å². The summed E-state index contributed by atoms with van der Waals surface area (Å²) in [5.41, 5.74) is 5.05. The largest absolute Gasteiger partial charge is 0.480 e. The average molecular weight is 319 g/mol. The quantitative estimate of drug-likeness (QED) is 0.770. The Hall–Kier alpha value is -1.84. The first-order valence-corrected chi connectivity index (χ1v) is 8.35. The maximum Gasteiger partial charge on any atom is 0.326 e. The highest BCUT2D eigenvalue weighted by Crippen LogP contribution is 2.18. The molecule has 0 heterocycles. The van der Waals surface area contributed by atoms with Crippen LogP contribution in [0.15, 0.2) is 12.1 Å². The number of hydrogen-bond acceptors (Lipinski definition) is 2. The first-order valence-electron chi connectivity index (χ1n) is 8.35. The van der Waals surface area contributed by atoms with Gasteiger partial charge in [0.05, 0.1) is 0 Å². The monoisotopic (exact) mass is 319 g/mol. The lowest BCUT2D eigenvalue weighted by Gasteiger charge is -2.20. The molecule has 2 atom stereocenters. The van der Waals surface area contributed by atoms with Crippen LogP contribution >= 0.6 is 0 Å². The Morgan fingerprint density at radius 2 is 1.74 bits per heavy atom. The minimum atomic E-state index is -0.960. The third-order valence-electron chi connectivity index (χ3n) is 4.47. The molecule has 0 radical (unpaired) electrons. The fraction of sp³-hybridized carbons (Fsp3) is 0.579. The molecule has 0 aliphatic carbocycles. The van der Waals surface area contributed by atoms with E-state index in [9.17, 15) is 14.7 Å². The van der Waals surface area contributed by atoms with Crippen LogP contribution in [0.4, 0.5) is 0 Å². The van der Waals surface area contributed by atoms with Crippen LogP contribution in [0, 0.1) is 26.7 Å². The summed E-state index contributed by atoms with van der Waals surface area (Å²) in [6.07, 6.45) is 2.64. The molecular weight excluding hydrogens is 290 g/mol. The number of carbonyl (C=O) groups is 2. The average Bonchev–Trinajstić information content (AvgIpc) is 2.46. The van der Waals surface area contributed by atoms with E-state index < -0.39 is 12.0 Å². The molecule has 1 aromatic rings. The van der Waals surface area contributed by atoms with E-state index >= 15 is 0 Å². The summed E-state index contributed by atoms with van der Waals surface area (Å²) in [5, 5.41) is 11.9. The lowest BCUT2D eigenvalue weighted by atomic mass is 9.95. The normalized spacial score (nSPS) is 13.4. The van der Waals surface area contributed by atoms with Gasteiger partial charge >= 0.3 is 5.97 Å². The molecule has 0 aliphatic rings. The summed E-state index contributed by atoms with van der Waals surface area (Å²) < 4.78 is 0. The predicted molar refractivity (Wildman–Crippen MR) is 92.6 cm³/mol. The van der Waals surface area contributed by atoms with Crippen molar-refractivity contribution in [3.8, 4) is 0 Å². The molecule has 1 aromatic carbocycles. The van der Waals surface area contributed by atoms with Crippen LogP contribution in [-0.2, 0) is 16.0 Å². The van der Waals surface area contributed by atoms with Crippen molar-refractivity contribution in [2.75, 3.05) is 0 Å². The fourth-order valence-electron chi connectivity index (χ4n) is 2.96. The molecule has 4 heteroatoms. The van der Waals surface area contributed by atoms with Gasteiger partial charge in [0.2, 0.25) is 5.91 Å². The standard InChI is InChI=1S/C19H29NO3/c1-6-13(3)18(19(22)23)20-17(21)9-7-8-16-14(4)10-12(2)11-15(16)5/h10-11,13,18H,6-9H2,1-5H3,(H,20,21)(H,22,23). The summed E-state index contributed by atoms with van der Waals surface area (Å²) in [6.45, 7) is 10.0. The topological polar surface area (TPSA) is 66.4 Å². The molecule has 4 nitrogen and oxygen atoms in total. The number of aliphatic carboxylic acids is 1. The second-order valence-corrected chi connectivity index (χ2v) is 6.50. The zero-order chi connectivity index (χ0) is 17.6. The minimum Gasteiger partial charge on any atom is -0.480 e. The number of hydrogen-bond donors (Lipinski definition) is 2. The van der Waals surface area contributed by atoms with E-state index in [1.807, 2.05) is 13.8 Å². The highest BCUT2D eigenvalue weighted by atomic mass is 16.4. The summed E-state index contributed by atoms with van der Waals surface area (Å²) in [6, 6.07) is 3.52. The molecular formula is C19H29NO3. The summed E-state index contributed by atoms with van der Waals surface area (Å²) >= 11 is 0. The van der Waals surface area contributed by atoms with Gasteiger partial charge in [-0.1, -0.05) is 38.0 Å². The SMILES string of the molecule is CCC(C)C(NC(=O)CCCc1c(C)cc(C)cc1C)C(=O)O. The van der Waals surface area contributed by atoms with E-state index in [2.05, 4.69) is 38.2 Å². The number of carboxylic acids is 1. The Morgan fingerprint density at radius 3 is 2.22 bits per heavy atom. The third kappa shape index (κ3) is 5.70. The highest BCUT2D eigenvalue weighted by molar-refractivity contribution is 5.83. The first kappa shape index (κ1) is 19.2. The van der Waals surface area contributed by atoms with Crippen molar-refractivity contribution in [1.29, 1.82) is 0 Å². The molecule has 2 N–H and O–H groups in total. The molecule has 0 aliphatic heterocycles. The van der Waals surface area contributed by atoms with Crippen molar-refractivity contribution in [2.24, 2.45) is 5.92 Å². The maximum atomic E-state index is 12.0. The molecule has 0 saturated carbocycles. The van der Waals surface area contributed by atoms with Crippen molar-refractivity contribution in [2.45, 2.75) is 66.3 Å². The molecule has 1 rings (SSSR count). The van der Waals surface area contributed by atoms with Crippen LogP contribution in [0.5, 0.6) is 0 Å². The second-order valence-electron chi connectivity index (χ2n) is 6.50. The molecule has 1 amide bonds. The van der Waals surface area contributed by atoms with Gasteiger partial charge < -0.3 is 10.4 Å². The Labute approximate surface area is 139 Å². The van der Waals surface area contributed by atoms with Crippen molar-refractivity contribution < 1.29 is 14.7 Å². The second kappa shape index (κ2) is 8.70. The molecule has 0 saturated heterocycles. The van der Waals surface area contributed by atoms with Crippen LogP contribution in [-0.4, -0.2) is 23.0 Å². The van der Waals surface area contributed by atoms with Crippen LogP contribution in [0.25, 0.3) is 0 Å². The van der Waals surface area contributed by atoms with E-state index in [0.717, 1.165) is 19.3 Å². The van der Waals surface area contributed by atoms with Crippen molar-refractivity contribution in [3.05, 3.63) is 34.4 Å². The smallest absolute Gasteiger partial charge is 0.326 e. The van der Waals surface area contributed by atoms with Gasteiger partial charge in [0.1, 0.15) is 6.04 Å². The number of carbonyl (C=O) groups excluding carboxylic acids is 1. The van der Waals surface area contributed by atoms with Gasteiger partial charge in [-0.05, 0) is 56.2 Å². The van der Waals surface area contributed by atoms with Gasteiger partial charge in [-0.2, -0.15) is 0 Å². The predicted octanol–water partition coefficient (Wildman–Crippen LogP) is 3.55. The summed E-state index contributed by atoms with van der Waals surface area (Å²) in [7, 11) is 0. The molecule has 0 bridgehead atoms. The highest BCUT2D eigenvalue weighted by Gasteiger charge is 2.24. The van der Waals surface area contributed by atoms with E-state index in [4.69, 9.17) is 0 Å². The van der Waals surface area contributed by atoms with Gasteiger partial charge in [0.15, 0.2) is 0 Å².